The molecule has 4 atom stereocenters. The van der Waals surface area contributed by atoms with Crippen LogP contribution in [0.1, 0.15) is 31.2 Å². The van der Waals surface area contributed by atoms with Crippen LogP contribution in [0.25, 0.3) is 0 Å². The van der Waals surface area contributed by atoms with Gasteiger partial charge in [-0.1, -0.05) is 11.6 Å². The van der Waals surface area contributed by atoms with E-state index in [9.17, 15) is 29.5 Å². The SMILES string of the molecule is COc1cc(C2C3=CCC4C(=O)N(O)C(=O)C4C3CC3=C2C(=O)C(C)=CC3=O)cc(Br)c1O. The summed E-state index contributed by atoms with van der Waals surface area (Å²) >= 11 is 3.32. The fraction of sp³-hybridized carbons (Fsp3) is 0.333. The largest absolute Gasteiger partial charge is 0.503 e. The molecule has 0 spiro atoms. The number of allylic oxidation sites excluding steroid dienone is 6. The molecule has 1 fully saturated rings. The molecule has 9 heteroatoms. The second-order valence-electron chi connectivity index (χ2n) is 8.77. The average molecular weight is 514 g/mol. The number of ether oxygens (including phenoxy) is 1. The highest BCUT2D eigenvalue weighted by Crippen LogP contribution is 2.55. The second kappa shape index (κ2) is 7.50. The van der Waals surface area contributed by atoms with Gasteiger partial charge in [-0.15, -0.1) is 0 Å². The zero-order valence-corrected chi connectivity index (χ0v) is 19.4. The van der Waals surface area contributed by atoms with Crippen LogP contribution in [0.2, 0.25) is 0 Å². The Bertz CT molecular complexity index is 1260. The molecule has 0 aromatic heterocycles. The van der Waals surface area contributed by atoms with Gasteiger partial charge in [0, 0.05) is 22.6 Å². The molecule has 2 amide bonds. The first-order chi connectivity index (χ1) is 15.6. The maximum absolute atomic E-state index is 13.3. The zero-order chi connectivity index (χ0) is 23.8. The van der Waals surface area contributed by atoms with Gasteiger partial charge < -0.3 is 9.84 Å². The van der Waals surface area contributed by atoms with Gasteiger partial charge in [-0.05, 0) is 65.4 Å². The third-order valence-electron chi connectivity index (χ3n) is 7.15. The number of halogens is 1. The Morgan fingerprint density at radius 2 is 1.85 bits per heavy atom. The predicted molar refractivity (Wildman–Crippen MR) is 117 cm³/mol. The highest BCUT2D eigenvalue weighted by Gasteiger charge is 2.56. The molecule has 3 aliphatic carbocycles. The summed E-state index contributed by atoms with van der Waals surface area (Å²) in [7, 11) is 1.41. The molecule has 4 unspecified atom stereocenters. The van der Waals surface area contributed by atoms with Crippen LogP contribution >= 0.6 is 15.9 Å². The molecule has 1 aromatic rings. The number of rotatable bonds is 2. The molecule has 1 saturated heterocycles. The standard InChI is InChI=1S/C24H20BrNO7/c1-9-5-16(27)14-8-13-11(3-4-12-19(13)24(31)26(32)23(12)30)18(20(14)21(9)28)10-6-15(25)22(29)17(7-10)33-2/h3,5-7,12-13,18-19,29,32H,4,8H2,1-2H3. The van der Waals surface area contributed by atoms with E-state index in [-0.39, 0.29) is 41.0 Å². The number of phenolic OH excluding ortho intramolecular Hbond substituents is 1. The number of ketones is 2. The van der Waals surface area contributed by atoms with E-state index in [1.165, 1.54) is 13.2 Å². The number of hydrogen-bond acceptors (Lipinski definition) is 7. The van der Waals surface area contributed by atoms with Crippen molar-refractivity contribution in [3.63, 3.8) is 0 Å². The van der Waals surface area contributed by atoms with Gasteiger partial charge in [-0.25, -0.2) is 0 Å². The molecule has 0 saturated carbocycles. The first-order valence-electron chi connectivity index (χ1n) is 10.5. The number of aromatic hydroxyl groups is 1. The van der Waals surface area contributed by atoms with E-state index in [0.717, 1.165) is 5.57 Å². The highest BCUT2D eigenvalue weighted by atomic mass is 79.9. The molecule has 5 rings (SSSR count). The van der Waals surface area contributed by atoms with E-state index < -0.39 is 35.5 Å². The topological polar surface area (TPSA) is 121 Å². The van der Waals surface area contributed by atoms with Crippen molar-refractivity contribution in [3.05, 3.63) is 56.6 Å². The normalized spacial score (nSPS) is 28.9. The van der Waals surface area contributed by atoms with E-state index in [1.54, 1.807) is 19.1 Å². The van der Waals surface area contributed by atoms with Gasteiger partial charge in [-0.2, -0.15) is 5.06 Å². The summed E-state index contributed by atoms with van der Waals surface area (Å²) in [6.07, 6.45) is 3.53. The number of hydroxylamine groups is 2. The minimum atomic E-state index is -0.809. The Hall–Kier alpha value is -3.04. The van der Waals surface area contributed by atoms with Crippen molar-refractivity contribution < 1.29 is 34.2 Å². The molecular weight excluding hydrogens is 494 g/mol. The molecule has 0 radical (unpaired) electrons. The first kappa shape index (κ1) is 21.8. The van der Waals surface area contributed by atoms with Gasteiger partial charge in [0.15, 0.2) is 23.1 Å². The van der Waals surface area contributed by atoms with Crippen molar-refractivity contribution in [2.75, 3.05) is 7.11 Å². The number of amides is 2. The Morgan fingerprint density at radius 3 is 2.55 bits per heavy atom. The number of benzene rings is 1. The third kappa shape index (κ3) is 2.99. The van der Waals surface area contributed by atoms with E-state index in [1.807, 2.05) is 6.08 Å². The Balaban J connectivity index is 1.74. The lowest BCUT2D eigenvalue weighted by Crippen LogP contribution is -2.39. The Labute approximate surface area is 197 Å². The van der Waals surface area contributed by atoms with Gasteiger partial charge in [0.2, 0.25) is 0 Å². The summed E-state index contributed by atoms with van der Waals surface area (Å²) in [5, 5.41) is 20.5. The average Bonchev–Trinajstić information content (AvgIpc) is 3.02. The van der Waals surface area contributed by atoms with Gasteiger partial charge in [-0.3, -0.25) is 24.4 Å². The second-order valence-corrected chi connectivity index (χ2v) is 9.62. The number of carbonyl (C=O) groups is 4. The van der Waals surface area contributed by atoms with E-state index in [0.29, 0.717) is 26.8 Å². The number of imide groups is 1. The smallest absolute Gasteiger partial charge is 0.257 e. The minimum absolute atomic E-state index is 0.102. The van der Waals surface area contributed by atoms with Crippen molar-refractivity contribution >= 4 is 39.3 Å². The molecule has 1 heterocycles. The Morgan fingerprint density at radius 1 is 1.12 bits per heavy atom. The van der Waals surface area contributed by atoms with Crippen LogP contribution in [0, 0.1) is 17.8 Å². The number of phenols is 1. The molecule has 8 nitrogen and oxygen atoms in total. The number of hydrogen-bond donors (Lipinski definition) is 2. The summed E-state index contributed by atoms with van der Waals surface area (Å²) in [4.78, 5) is 51.5. The van der Waals surface area contributed by atoms with Crippen LogP contribution in [0.3, 0.4) is 0 Å². The van der Waals surface area contributed by atoms with Crippen LogP contribution in [0.5, 0.6) is 11.5 Å². The lowest BCUT2D eigenvalue weighted by Gasteiger charge is -2.42. The summed E-state index contributed by atoms with van der Waals surface area (Å²) in [6.45, 7) is 1.59. The number of fused-ring (bicyclic) bond motifs is 3. The van der Waals surface area contributed by atoms with E-state index in [4.69, 9.17) is 4.74 Å². The molecular formula is C24H20BrNO7. The molecule has 4 aliphatic rings. The van der Waals surface area contributed by atoms with Crippen LogP contribution < -0.4 is 4.74 Å². The van der Waals surface area contributed by atoms with E-state index in [2.05, 4.69) is 15.9 Å². The van der Waals surface area contributed by atoms with E-state index >= 15 is 0 Å². The fourth-order valence-electron chi connectivity index (χ4n) is 5.64. The molecule has 0 bridgehead atoms. The van der Waals surface area contributed by atoms with Crippen LogP contribution in [0.4, 0.5) is 0 Å². The van der Waals surface area contributed by atoms with Crippen molar-refractivity contribution in [2.24, 2.45) is 17.8 Å². The summed E-state index contributed by atoms with van der Waals surface area (Å²) < 4.78 is 5.65. The molecule has 1 aromatic carbocycles. The van der Waals surface area contributed by atoms with Crippen molar-refractivity contribution in [2.45, 2.75) is 25.7 Å². The number of methoxy groups -OCH3 is 1. The Kier molecular flexibility index (Phi) is 4.95. The number of carbonyl (C=O) groups excluding carboxylic acids is 4. The highest BCUT2D eigenvalue weighted by molar-refractivity contribution is 9.10. The molecule has 1 aliphatic heterocycles. The lowest BCUT2D eigenvalue weighted by atomic mass is 9.59. The quantitative estimate of drug-likeness (QED) is 0.270. The predicted octanol–water partition coefficient (Wildman–Crippen LogP) is 2.98. The van der Waals surface area contributed by atoms with Crippen molar-refractivity contribution in [1.29, 1.82) is 0 Å². The monoisotopic (exact) mass is 513 g/mol. The van der Waals surface area contributed by atoms with Gasteiger partial charge in [0.05, 0.1) is 23.4 Å². The minimum Gasteiger partial charge on any atom is -0.503 e. The third-order valence-corrected chi connectivity index (χ3v) is 7.75. The molecule has 170 valence electrons. The summed E-state index contributed by atoms with van der Waals surface area (Å²) in [5.74, 6) is -4.49. The summed E-state index contributed by atoms with van der Waals surface area (Å²) in [5.41, 5.74) is 2.35. The summed E-state index contributed by atoms with van der Waals surface area (Å²) in [6, 6.07) is 3.27. The van der Waals surface area contributed by atoms with Crippen molar-refractivity contribution in [1.82, 2.24) is 5.06 Å². The van der Waals surface area contributed by atoms with Crippen LogP contribution in [-0.2, 0) is 19.2 Å². The lowest BCUT2D eigenvalue weighted by molar-refractivity contribution is -0.173. The first-order valence-corrected chi connectivity index (χ1v) is 11.3. The number of Topliss-reactive ketones (excluding diaryl/α,β-unsaturated/α-hetero) is 1. The maximum Gasteiger partial charge on any atom is 0.257 e. The fourth-order valence-corrected chi connectivity index (χ4v) is 6.10. The maximum atomic E-state index is 13.3. The van der Waals surface area contributed by atoms with Crippen LogP contribution in [-0.4, -0.2) is 45.9 Å². The van der Waals surface area contributed by atoms with Crippen molar-refractivity contribution in [3.8, 4) is 11.5 Å². The zero-order valence-electron chi connectivity index (χ0n) is 17.8. The van der Waals surface area contributed by atoms with Gasteiger partial charge in [0.1, 0.15) is 0 Å². The number of nitrogens with zero attached hydrogens (tertiary/aromatic N) is 1. The van der Waals surface area contributed by atoms with Crippen LogP contribution in [0.15, 0.2) is 51.0 Å². The van der Waals surface area contributed by atoms with Gasteiger partial charge >= 0.3 is 0 Å². The van der Waals surface area contributed by atoms with Gasteiger partial charge in [0.25, 0.3) is 11.8 Å². The molecule has 33 heavy (non-hydrogen) atoms. The molecule has 2 N–H and O–H groups in total.